The van der Waals surface area contributed by atoms with Crippen LogP contribution in [-0.2, 0) is 11.2 Å². The van der Waals surface area contributed by atoms with Gasteiger partial charge in [-0.15, -0.1) is 11.3 Å². The molecule has 2 heterocycles. The van der Waals surface area contributed by atoms with Crippen molar-refractivity contribution < 1.29 is 4.79 Å². The highest BCUT2D eigenvalue weighted by Crippen LogP contribution is 2.12. The van der Waals surface area contributed by atoms with Crippen LogP contribution < -0.4 is 5.32 Å². The minimum Gasteiger partial charge on any atom is -0.311 e. The van der Waals surface area contributed by atoms with Gasteiger partial charge in [0.15, 0.2) is 0 Å². The number of amides is 1. The van der Waals surface area contributed by atoms with Crippen LogP contribution in [0.25, 0.3) is 0 Å². The van der Waals surface area contributed by atoms with Gasteiger partial charge < -0.3 is 5.32 Å². The molecule has 0 saturated heterocycles. The van der Waals surface area contributed by atoms with Crippen LogP contribution in [0.3, 0.4) is 0 Å². The Morgan fingerprint density at radius 3 is 3.12 bits per heavy atom. The number of aromatic nitrogens is 2. The predicted octanol–water partition coefficient (Wildman–Crippen LogP) is 2.35. The van der Waals surface area contributed by atoms with Gasteiger partial charge in [-0.2, -0.15) is 5.10 Å². The molecule has 2 aromatic rings. The number of thiophene rings is 1. The molecule has 2 aromatic heterocycles. The molecule has 84 valence electrons. The van der Waals surface area contributed by atoms with E-state index in [1.807, 2.05) is 24.4 Å². The van der Waals surface area contributed by atoms with Gasteiger partial charge in [0.25, 0.3) is 0 Å². The maximum atomic E-state index is 11.6. The minimum atomic E-state index is 0.0146. The first-order chi connectivity index (χ1) is 7.75. The lowest BCUT2D eigenvalue weighted by Gasteiger charge is -2.02. The average Bonchev–Trinajstić information content (AvgIpc) is 2.88. The largest absolute Gasteiger partial charge is 0.311 e. The molecule has 0 aliphatic carbocycles. The monoisotopic (exact) mass is 235 g/mol. The number of nitrogens with zero attached hydrogens (tertiary/aromatic N) is 1. The molecule has 0 aliphatic heterocycles. The summed E-state index contributed by atoms with van der Waals surface area (Å²) in [6.45, 7) is 1.90. The Bertz CT molecular complexity index is 461. The number of H-pyrrole nitrogens is 1. The highest BCUT2D eigenvalue weighted by molar-refractivity contribution is 7.09. The summed E-state index contributed by atoms with van der Waals surface area (Å²) in [6.07, 6.45) is 2.98. The van der Waals surface area contributed by atoms with Gasteiger partial charge in [-0.05, 0) is 24.8 Å². The van der Waals surface area contributed by atoms with E-state index in [4.69, 9.17) is 0 Å². The summed E-state index contributed by atoms with van der Waals surface area (Å²) >= 11 is 1.68. The van der Waals surface area contributed by atoms with Gasteiger partial charge in [-0.25, -0.2) is 0 Å². The second-order valence-corrected chi connectivity index (χ2v) is 4.59. The summed E-state index contributed by atoms with van der Waals surface area (Å²) in [5.74, 6) is 0.705. The van der Waals surface area contributed by atoms with Gasteiger partial charge in [-0.3, -0.25) is 9.89 Å². The number of carbonyl (C=O) groups excluding carboxylic acids is 1. The Morgan fingerprint density at radius 1 is 1.62 bits per heavy atom. The van der Waals surface area contributed by atoms with E-state index in [1.165, 1.54) is 4.88 Å². The van der Waals surface area contributed by atoms with E-state index in [9.17, 15) is 4.79 Å². The molecule has 0 saturated carbocycles. The highest BCUT2D eigenvalue weighted by Gasteiger charge is 2.06. The minimum absolute atomic E-state index is 0.0146. The summed E-state index contributed by atoms with van der Waals surface area (Å²) in [4.78, 5) is 12.8. The molecule has 0 spiro atoms. The molecule has 0 aromatic carbocycles. The Hall–Kier alpha value is -1.62. The molecule has 0 unspecified atom stereocenters. The van der Waals surface area contributed by atoms with Crippen LogP contribution in [0.1, 0.15) is 16.9 Å². The summed E-state index contributed by atoms with van der Waals surface area (Å²) in [5.41, 5.74) is 0.949. The fraction of sp³-hybridized carbons (Fsp3) is 0.273. The Labute approximate surface area is 97.7 Å². The zero-order valence-electron chi connectivity index (χ0n) is 8.99. The van der Waals surface area contributed by atoms with E-state index in [-0.39, 0.29) is 5.91 Å². The smallest absolute Gasteiger partial charge is 0.225 e. The van der Waals surface area contributed by atoms with E-state index in [0.717, 1.165) is 12.0 Å². The average molecular weight is 235 g/mol. The van der Waals surface area contributed by atoms with Crippen LogP contribution in [0.2, 0.25) is 0 Å². The molecular weight excluding hydrogens is 222 g/mol. The zero-order chi connectivity index (χ0) is 11.4. The van der Waals surface area contributed by atoms with E-state index in [1.54, 1.807) is 17.5 Å². The third kappa shape index (κ3) is 2.70. The van der Waals surface area contributed by atoms with Crippen molar-refractivity contribution in [2.75, 3.05) is 5.32 Å². The Morgan fingerprint density at radius 2 is 2.50 bits per heavy atom. The Kier molecular flexibility index (Phi) is 3.36. The van der Waals surface area contributed by atoms with Crippen LogP contribution >= 0.6 is 11.3 Å². The van der Waals surface area contributed by atoms with Crippen molar-refractivity contribution in [2.24, 2.45) is 0 Å². The number of hydrogen-bond donors (Lipinski definition) is 2. The first kappa shape index (κ1) is 10.9. The maximum Gasteiger partial charge on any atom is 0.225 e. The summed E-state index contributed by atoms with van der Waals surface area (Å²) in [5, 5.41) is 11.4. The number of aromatic amines is 1. The SMILES string of the molecule is Cc1cn[nH]c1NC(=O)CCc1cccs1. The maximum absolute atomic E-state index is 11.6. The van der Waals surface area contributed by atoms with Crippen LogP contribution in [0.4, 0.5) is 5.82 Å². The van der Waals surface area contributed by atoms with Gasteiger partial charge in [0.05, 0.1) is 6.20 Å². The van der Waals surface area contributed by atoms with Gasteiger partial charge in [0, 0.05) is 16.9 Å². The number of aryl methyl sites for hydroxylation is 2. The third-order valence-electron chi connectivity index (χ3n) is 2.27. The van der Waals surface area contributed by atoms with Gasteiger partial charge >= 0.3 is 0 Å². The molecule has 4 nitrogen and oxygen atoms in total. The van der Waals surface area contributed by atoms with E-state index < -0.39 is 0 Å². The first-order valence-corrected chi connectivity index (χ1v) is 5.96. The third-order valence-corrected chi connectivity index (χ3v) is 3.21. The van der Waals surface area contributed by atoms with Crippen molar-refractivity contribution in [3.63, 3.8) is 0 Å². The lowest BCUT2D eigenvalue weighted by molar-refractivity contribution is -0.116. The van der Waals surface area contributed by atoms with Crippen molar-refractivity contribution in [2.45, 2.75) is 19.8 Å². The van der Waals surface area contributed by atoms with Gasteiger partial charge in [0.2, 0.25) is 5.91 Å². The van der Waals surface area contributed by atoms with Crippen LogP contribution in [0.15, 0.2) is 23.7 Å². The molecule has 2 rings (SSSR count). The van der Waals surface area contributed by atoms with Crippen molar-refractivity contribution in [3.05, 3.63) is 34.2 Å². The fourth-order valence-electron chi connectivity index (χ4n) is 1.37. The van der Waals surface area contributed by atoms with Gasteiger partial charge in [0.1, 0.15) is 5.82 Å². The van der Waals surface area contributed by atoms with Crippen molar-refractivity contribution in [3.8, 4) is 0 Å². The highest BCUT2D eigenvalue weighted by atomic mass is 32.1. The van der Waals surface area contributed by atoms with E-state index >= 15 is 0 Å². The van der Waals surface area contributed by atoms with Crippen LogP contribution in [0.5, 0.6) is 0 Å². The fourth-order valence-corrected chi connectivity index (χ4v) is 2.08. The molecule has 5 heteroatoms. The number of carbonyl (C=O) groups is 1. The van der Waals surface area contributed by atoms with Crippen LogP contribution in [0, 0.1) is 6.92 Å². The standard InChI is InChI=1S/C11H13N3OS/c1-8-7-12-14-11(8)13-10(15)5-4-9-3-2-6-16-9/h2-3,6-7H,4-5H2,1H3,(H2,12,13,14,15). The second kappa shape index (κ2) is 4.94. The molecule has 1 amide bonds. The van der Waals surface area contributed by atoms with Crippen molar-refractivity contribution in [1.82, 2.24) is 10.2 Å². The normalized spacial score (nSPS) is 10.3. The lowest BCUT2D eigenvalue weighted by atomic mass is 10.2. The van der Waals surface area contributed by atoms with Gasteiger partial charge in [-0.1, -0.05) is 6.07 Å². The molecule has 16 heavy (non-hydrogen) atoms. The zero-order valence-corrected chi connectivity index (χ0v) is 9.80. The molecule has 0 aliphatic rings. The van der Waals surface area contributed by atoms with E-state index in [2.05, 4.69) is 15.5 Å². The molecule has 0 fully saturated rings. The number of hydrogen-bond acceptors (Lipinski definition) is 3. The van der Waals surface area contributed by atoms with E-state index in [0.29, 0.717) is 12.2 Å². The molecular formula is C11H13N3OS. The lowest BCUT2D eigenvalue weighted by Crippen LogP contribution is -2.13. The van der Waals surface area contributed by atoms with Crippen molar-refractivity contribution >= 4 is 23.1 Å². The molecule has 2 N–H and O–H groups in total. The topological polar surface area (TPSA) is 57.8 Å². The predicted molar refractivity (Wildman–Crippen MR) is 64.6 cm³/mol. The first-order valence-electron chi connectivity index (χ1n) is 5.08. The molecule has 0 atom stereocenters. The summed E-state index contributed by atoms with van der Waals surface area (Å²) in [6, 6.07) is 4.04. The summed E-state index contributed by atoms with van der Waals surface area (Å²) < 4.78 is 0. The molecule has 0 bridgehead atoms. The summed E-state index contributed by atoms with van der Waals surface area (Å²) in [7, 11) is 0. The number of rotatable bonds is 4. The quantitative estimate of drug-likeness (QED) is 0.854. The Balaban J connectivity index is 1.83. The number of nitrogens with one attached hydrogen (secondary N) is 2. The number of anilines is 1. The van der Waals surface area contributed by atoms with Crippen molar-refractivity contribution in [1.29, 1.82) is 0 Å². The molecule has 0 radical (unpaired) electrons. The van der Waals surface area contributed by atoms with Crippen LogP contribution in [-0.4, -0.2) is 16.1 Å². The second-order valence-electron chi connectivity index (χ2n) is 3.56.